The standard InChI is InChI=1S/C17H17N5O/c1-13-10-22(12-19-13)11-14-5-7-15(8-6-14)20-17(23)21-16-4-2-3-9-18-16/h2-10,12H,11H2,1H3,(H2,18,20,21,23). The van der Waals surface area contributed by atoms with Gasteiger partial charge in [0.25, 0.3) is 0 Å². The first kappa shape index (κ1) is 14.8. The van der Waals surface area contributed by atoms with Crippen LogP contribution in [0.2, 0.25) is 0 Å². The summed E-state index contributed by atoms with van der Waals surface area (Å²) in [5, 5.41) is 5.45. The fourth-order valence-corrected chi connectivity index (χ4v) is 2.18. The molecule has 6 nitrogen and oxygen atoms in total. The summed E-state index contributed by atoms with van der Waals surface area (Å²) in [5.74, 6) is 0.511. The summed E-state index contributed by atoms with van der Waals surface area (Å²) in [7, 11) is 0. The first-order chi connectivity index (χ1) is 11.2. The van der Waals surface area contributed by atoms with Crippen LogP contribution in [0.25, 0.3) is 0 Å². The van der Waals surface area contributed by atoms with Gasteiger partial charge in [-0.1, -0.05) is 18.2 Å². The average Bonchev–Trinajstić information content (AvgIpc) is 2.95. The molecule has 3 rings (SSSR count). The molecule has 0 saturated carbocycles. The van der Waals surface area contributed by atoms with Gasteiger partial charge in [-0.15, -0.1) is 0 Å². The molecular weight excluding hydrogens is 290 g/mol. The number of rotatable bonds is 4. The number of aromatic nitrogens is 3. The molecule has 0 fully saturated rings. The monoisotopic (exact) mass is 307 g/mol. The lowest BCUT2D eigenvalue weighted by Gasteiger charge is -2.08. The zero-order valence-corrected chi connectivity index (χ0v) is 12.7. The summed E-state index contributed by atoms with van der Waals surface area (Å²) >= 11 is 0. The molecular formula is C17H17N5O. The van der Waals surface area contributed by atoms with Crippen molar-refractivity contribution < 1.29 is 4.79 Å². The SMILES string of the molecule is Cc1cn(Cc2ccc(NC(=O)Nc3ccccn3)cc2)cn1. The second-order valence-electron chi connectivity index (χ2n) is 5.18. The molecule has 2 heterocycles. The van der Waals surface area contributed by atoms with E-state index in [-0.39, 0.29) is 6.03 Å². The van der Waals surface area contributed by atoms with Gasteiger partial charge >= 0.3 is 6.03 Å². The minimum Gasteiger partial charge on any atom is -0.333 e. The molecule has 0 aliphatic rings. The first-order valence-corrected chi connectivity index (χ1v) is 7.25. The minimum atomic E-state index is -0.318. The van der Waals surface area contributed by atoms with Crippen LogP contribution >= 0.6 is 0 Å². The van der Waals surface area contributed by atoms with Gasteiger partial charge in [0.05, 0.1) is 12.0 Å². The third-order valence-electron chi connectivity index (χ3n) is 3.25. The Hall–Kier alpha value is -3.15. The number of hydrogen-bond donors (Lipinski definition) is 2. The smallest absolute Gasteiger partial charge is 0.324 e. The quantitative estimate of drug-likeness (QED) is 0.777. The maximum atomic E-state index is 11.9. The Morgan fingerprint density at radius 3 is 2.57 bits per heavy atom. The number of nitrogens with one attached hydrogen (secondary N) is 2. The van der Waals surface area contributed by atoms with Gasteiger partial charge in [-0.3, -0.25) is 5.32 Å². The Morgan fingerprint density at radius 2 is 1.91 bits per heavy atom. The van der Waals surface area contributed by atoms with Gasteiger partial charge in [0.2, 0.25) is 0 Å². The number of pyridine rings is 1. The van der Waals surface area contributed by atoms with Crippen LogP contribution in [0.1, 0.15) is 11.3 Å². The van der Waals surface area contributed by atoms with Crippen molar-refractivity contribution in [2.45, 2.75) is 13.5 Å². The molecule has 2 N–H and O–H groups in total. The topological polar surface area (TPSA) is 71.8 Å². The van der Waals surface area contributed by atoms with Gasteiger partial charge in [0.15, 0.2) is 0 Å². The normalized spacial score (nSPS) is 10.3. The van der Waals surface area contributed by atoms with Crippen LogP contribution in [0.3, 0.4) is 0 Å². The van der Waals surface area contributed by atoms with Crippen molar-refractivity contribution in [3.05, 3.63) is 72.4 Å². The molecule has 1 aromatic carbocycles. The highest BCUT2D eigenvalue weighted by Crippen LogP contribution is 2.12. The first-order valence-electron chi connectivity index (χ1n) is 7.25. The number of carbonyl (C=O) groups excluding carboxylic acids is 1. The number of benzene rings is 1. The summed E-state index contributed by atoms with van der Waals surface area (Å²) < 4.78 is 2.02. The third kappa shape index (κ3) is 4.16. The van der Waals surface area contributed by atoms with E-state index in [1.807, 2.05) is 54.3 Å². The van der Waals surface area contributed by atoms with E-state index in [0.717, 1.165) is 23.5 Å². The van der Waals surface area contributed by atoms with Crippen LogP contribution in [0, 0.1) is 6.92 Å². The maximum Gasteiger partial charge on any atom is 0.324 e. The van der Waals surface area contributed by atoms with E-state index in [1.165, 1.54) is 0 Å². The predicted molar refractivity (Wildman–Crippen MR) is 89.4 cm³/mol. The van der Waals surface area contributed by atoms with Gasteiger partial charge in [0, 0.05) is 24.6 Å². The van der Waals surface area contributed by atoms with Crippen LogP contribution in [-0.4, -0.2) is 20.6 Å². The van der Waals surface area contributed by atoms with E-state index in [0.29, 0.717) is 5.82 Å². The Morgan fingerprint density at radius 1 is 1.09 bits per heavy atom. The number of nitrogens with zero attached hydrogens (tertiary/aromatic N) is 3. The van der Waals surface area contributed by atoms with Crippen molar-refractivity contribution in [3.8, 4) is 0 Å². The minimum absolute atomic E-state index is 0.318. The Balaban J connectivity index is 1.57. The lowest BCUT2D eigenvalue weighted by molar-refractivity contribution is 0.262. The molecule has 0 saturated heterocycles. The fourth-order valence-electron chi connectivity index (χ4n) is 2.18. The highest BCUT2D eigenvalue weighted by atomic mass is 16.2. The Kier molecular flexibility index (Phi) is 4.33. The molecule has 116 valence electrons. The number of aryl methyl sites for hydroxylation is 1. The van der Waals surface area contributed by atoms with Crippen LogP contribution < -0.4 is 10.6 Å². The molecule has 0 spiro atoms. The van der Waals surface area contributed by atoms with Gasteiger partial charge in [-0.25, -0.2) is 14.8 Å². The summed E-state index contributed by atoms with van der Waals surface area (Å²) in [5.41, 5.74) is 2.86. The van der Waals surface area contributed by atoms with E-state index < -0.39 is 0 Å². The van der Waals surface area contributed by atoms with Gasteiger partial charge in [0.1, 0.15) is 5.82 Å². The number of amides is 2. The van der Waals surface area contributed by atoms with Crippen molar-refractivity contribution in [2.75, 3.05) is 10.6 Å². The number of anilines is 2. The number of imidazole rings is 1. The number of urea groups is 1. The lowest BCUT2D eigenvalue weighted by atomic mass is 10.2. The third-order valence-corrected chi connectivity index (χ3v) is 3.25. The van der Waals surface area contributed by atoms with E-state index in [2.05, 4.69) is 20.6 Å². The van der Waals surface area contributed by atoms with E-state index in [9.17, 15) is 4.79 Å². The summed E-state index contributed by atoms with van der Waals surface area (Å²) in [4.78, 5) is 20.1. The summed E-state index contributed by atoms with van der Waals surface area (Å²) in [6, 6.07) is 12.7. The van der Waals surface area contributed by atoms with Gasteiger partial charge in [-0.05, 0) is 36.8 Å². The molecule has 0 aliphatic carbocycles. The van der Waals surface area contributed by atoms with Crippen molar-refractivity contribution in [2.24, 2.45) is 0 Å². The highest BCUT2D eigenvalue weighted by molar-refractivity contribution is 5.99. The molecule has 0 bridgehead atoms. The van der Waals surface area contributed by atoms with Crippen molar-refractivity contribution in [3.63, 3.8) is 0 Å². The molecule has 2 amide bonds. The van der Waals surface area contributed by atoms with Gasteiger partial charge in [-0.2, -0.15) is 0 Å². The molecule has 6 heteroatoms. The fraction of sp³-hybridized carbons (Fsp3) is 0.118. The van der Waals surface area contributed by atoms with Crippen molar-refractivity contribution in [1.82, 2.24) is 14.5 Å². The molecule has 2 aromatic heterocycles. The van der Waals surface area contributed by atoms with E-state index >= 15 is 0 Å². The van der Waals surface area contributed by atoms with Gasteiger partial charge < -0.3 is 9.88 Å². The predicted octanol–water partition coefficient (Wildman–Crippen LogP) is 3.28. The van der Waals surface area contributed by atoms with Crippen LogP contribution in [0.5, 0.6) is 0 Å². The maximum absolute atomic E-state index is 11.9. The zero-order chi connectivity index (χ0) is 16.1. The largest absolute Gasteiger partial charge is 0.333 e. The average molecular weight is 307 g/mol. The molecule has 3 aromatic rings. The van der Waals surface area contributed by atoms with E-state index in [1.54, 1.807) is 18.3 Å². The van der Waals surface area contributed by atoms with Crippen LogP contribution in [-0.2, 0) is 6.54 Å². The van der Waals surface area contributed by atoms with Crippen LogP contribution in [0.15, 0.2) is 61.2 Å². The number of hydrogen-bond acceptors (Lipinski definition) is 3. The zero-order valence-electron chi connectivity index (χ0n) is 12.7. The molecule has 0 atom stereocenters. The molecule has 0 radical (unpaired) electrons. The Labute approximate surface area is 134 Å². The molecule has 0 aliphatic heterocycles. The lowest BCUT2D eigenvalue weighted by Crippen LogP contribution is -2.19. The van der Waals surface area contributed by atoms with Crippen LogP contribution in [0.4, 0.5) is 16.3 Å². The highest BCUT2D eigenvalue weighted by Gasteiger charge is 2.03. The second-order valence-corrected chi connectivity index (χ2v) is 5.18. The number of carbonyl (C=O) groups is 1. The Bertz CT molecular complexity index is 780. The summed E-state index contributed by atoms with van der Waals surface area (Å²) in [6.07, 6.45) is 5.43. The summed E-state index contributed by atoms with van der Waals surface area (Å²) in [6.45, 7) is 2.71. The van der Waals surface area contributed by atoms with Crippen molar-refractivity contribution in [1.29, 1.82) is 0 Å². The second kappa shape index (κ2) is 6.74. The molecule has 0 unspecified atom stereocenters. The van der Waals surface area contributed by atoms with Crippen molar-refractivity contribution >= 4 is 17.5 Å². The molecule has 23 heavy (non-hydrogen) atoms. The van der Waals surface area contributed by atoms with E-state index in [4.69, 9.17) is 0 Å².